The van der Waals surface area contributed by atoms with Gasteiger partial charge in [0, 0.05) is 0 Å². The molecule has 0 heterocycles. The summed E-state index contributed by atoms with van der Waals surface area (Å²) in [4.78, 5) is 12.0. The number of carbonyl (C=O) groups is 1. The Bertz CT molecular complexity index is 707. The van der Waals surface area contributed by atoms with Crippen LogP contribution in [0.1, 0.15) is 49.9 Å². The van der Waals surface area contributed by atoms with E-state index in [0.29, 0.717) is 11.8 Å². The molecule has 0 bridgehead atoms. The average molecular weight is 375 g/mol. The van der Waals surface area contributed by atoms with Crippen LogP contribution in [0.2, 0.25) is 0 Å². The van der Waals surface area contributed by atoms with Crippen molar-refractivity contribution in [2.75, 3.05) is 0 Å². The summed E-state index contributed by atoms with van der Waals surface area (Å²) in [5.41, 5.74) is 5.22. The third-order valence-electron chi connectivity index (χ3n) is 4.61. The van der Waals surface area contributed by atoms with Crippen LogP contribution in [-0.4, -0.2) is 5.78 Å². The van der Waals surface area contributed by atoms with Gasteiger partial charge in [-0.3, -0.25) is 4.79 Å². The van der Waals surface area contributed by atoms with E-state index in [4.69, 9.17) is 0 Å². The standard InChI is InChI=1S/C27H34O/c1-21(2)19-25-15-11-23(12-16-25)7-5-9-27(28)10-6-8-24-13-17-26(18-14-24)20-22(3)4/h5-6,9-18,21-22H,7-8,19-20H2,1-4H3. The molecule has 0 aliphatic carbocycles. The monoisotopic (exact) mass is 374 g/mol. The van der Waals surface area contributed by atoms with Gasteiger partial charge in [0.1, 0.15) is 0 Å². The quantitative estimate of drug-likeness (QED) is 0.431. The second kappa shape index (κ2) is 11.4. The average Bonchev–Trinajstić information content (AvgIpc) is 2.64. The van der Waals surface area contributed by atoms with Crippen LogP contribution in [0.4, 0.5) is 0 Å². The molecule has 2 rings (SSSR count). The maximum atomic E-state index is 12.0. The van der Waals surface area contributed by atoms with Crippen LogP contribution in [0, 0.1) is 11.8 Å². The van der Waals surface area contributed by atoms with Crippen molar-refractivity contribution in [2.24, 2.45) is 11.8 Å². The Morgan fingerprint density at radius 3 is 1.29 bits per heavy atom. The van der Waals surface area contributed by atoms with Gasteiger partial charge in [-0.25, -0.2) is 0 Å². The minimum atomic E-state index is 0.0489. The minimum Gasteiger partial charge on any atom is -0.290 e. The van der Waals surface area contributed by atoms with Crippen LogP contribution >= 0.6 is 0 Å². The fourth-order valence-electron chi connectivity index (χ4n) is 3.24. The molecule has 0 aliphatic rings. The Hall–Kier alpha value is -2.41. The van der Waals surface area contributed by atoms with Gasteiger partial charge in [-0.05, 0) is 71.9 Å². The third kappa shape index (κ3) is 8.52. The molecule has 0 aliphatic heterocycles. The van der Waals surface area contributed by atoms with Crippen LogP contribution in [0.5, 0.6) is 0 Å². The van der Waals surface area contributed by atoms with Crippen molar-refractivity contribution in [1.82, 2.24) is 0 Å². The second-order valence-corrected chi connectivity index (χ2v) is 8.44. The van der Waals surface area contributed by atoms with Crippen LogP contribution < -0.4 is 0 Å². The summed E-state index contributed by atoms with van der Waals surface area (Å²) in [6.45, 7) is 8.94. The number of benzene rings is 2. The molecular weight excluding hydrogens is 340 g/mol. The van der Waals surface area contributed by atoms with E-state index in [2.05, 4.69) is 76.2 Å². The van der Waals surface area contributed by atoms with Crippen molar-refractivity contribution < 1.29 is 4.79 Å². The lowest BCUT2D eigenvalue weighted by molar-refractivity contribution is -0.110. The minimum absolute atomic E-state index is 0.0489. The van der Waals surface area contributed by atoms with Gasteiger partial charge in [0.15, 0.2) is 5.78 Å². The highest BCUT2D eigenvalue weighted by Gasteiger charge is 1.99. The largest absolute Gasteiger partial charge is 0.290 e. The van der Waals surface area contributed by atoms with Crippen LogP contribution in [0.15, 0.2) is 72.8 Å². The third-order valence-corrected chi connectivity index (χ3v) is 4.61. The van der Waals surface area contributed by atoms with E-state index < -0.39 is 0 Å². The highest BCUT2D eigenvalue weighted by molar-refractivity contribution is 5.99. The Kier molecular flexibility index (Phi) is 8.94. The summed E-state index contributed by atoms with van der Waals surface area (Å²) in [7, 11) is 0. The highest BCUT2D eigenvalue weighted by Crippen LogP contribution is 2.11. The molecule has 1 heteroatoms. The zero-order valence-corrected chi connectivity index (χ0v) is 17.8. The van der Waals surface area contributed by atoms with E-state index in [0.717, 1.165) is 25.7 Å². The Labute approximate surface area is 171 Å². The number of hydrogen-bond acceptors (Lipinski definition) is 1. The highest BCUT2D eigenvalue weighted by atomic mass is 16.1. The van der Waals surface area contributed by atoms with E-state index in [1.165, 1.54) is 22.3 Å². The lowest BCUT2D eigenvalue weighted by Crippen LogP contribution is -1.94. The molecule has 1 nitrogen and oxygen atoms in total. The van der Waals surface area contributed by atoms with Crippen LogP contribution in [-0.2, 0) is 30.5 Å². The summed E-state index contributed by atoms with van der Waals surface area (Å²) in [6.07, 6.45) is 11.0. The predicted molar refractivity (Wildman–Crippen MR) is 121 cm³/mol. The first-order valence-corrected chi connectivity index (χ1v) is 10.4. The number of allylic oxidation sites excluding steroid dienone is 4. The lowest BCUT2D eigenvalue weighted by Gasteiger charge is -2.05. The molecule has 2 aromatic carbocycles. The normalized spacial score (nSPS) is 11.9. The van der Waals surface area contributed by atoms with E-state index >= 15 is 0 Å². The summed E-state index contributed by atoms with van der Waals surface area (Å²) in [5, 5.41) is 0. The van der Waals surface area contributed by atoms with Gasteiger partial charge in [0.25, 0.3) is 0 Å². The van der Waals surface area contributed by atoms with Crippen molar-refractivity contribution in [3.8, 4) is 0 Å². The fraction of sp³-hybridized carbons (Fsp3) is 0.370. The Morgan fingerprint density at radius 1 is 0.643 bits per heavy atom. The molecule has 0 saturated heterocycles. The van der Waals surface area contributed by atoms with Crippen molar-refractivity contribution in [3.63, 3.8) is 0 Å². The molecule has 0 fully saturated rings. The smallest absolute Gasteiger partial charge is 0.178 e. The van der Waals surface area contributed by atoms with Gasteiger partial charge >= 0.3 is 0 Å². The van der Waals surface area contributed by atoms with E-state index in [9.17, 15) is 4.79 Å². The second-order valence-electron chi connectivity index (χ2n) is 8.44. The van der Waals surface area contributed by atoms with Crippen LogP contribution in [0.3, 0.4) is 0 Å². The zero-order valence-electron chi connectivity index (χ0n) is 17.8. The van der Waals surface area contributed by atoms with E-state index in [1.54, 1.807) is 12.2 Å². The number of rotatable bonds is 10. The van der Waals surface area contributed by atoms with Crippen molar-refractivity contribution in [1.29, 1.82) is 0 Å². The van der Waals surface area contributed by atoms with Crippen molar-refractivity contribution in [3.05, 3.63) is 95.1 Å². The summed E-state index contributed by atoms with van der Waals surface area (Å²) in [6, 6.07) is 17.4. The number of ketones is 1. The molecule has 2 aromatic rings. The van der Waals surface area contributed by atoms with Gasteiger partial charge < -0.3 is 0 Å². The fourth-order valence-corrected chi connectivity index (χ4v) is 3.24. The van der Waals surface area contributed by atoms with Gasteiger partial charge in [-0.1, -0.05) is 88.4 Å². The molecule has 0 radical (unpaired) electrons. The molecular formula is C27H34O. The molecule has 0 amide bonds. The van der Waals surface area contributed by atoms with E-state index in [1.807, 2.05) is 12.2 Å². The maximum absolute atomic E-state index is 12.0. The maximum Gasteiger partial charge on any atom is 0.178 e. The van der Waals surface area contributed by atoms with Gasteiger partial charge in [-0.2, -0.15) is 0 Å². The molecule has 0 atom stereocenters. The van der Waals surface area contributed by atoms with Crippen LogP contribution in [0.25, 0.3) is 0 Å². The Morgan fingerprint density at radius 2 is 0.964 bits per heavy atom. The molecule has 0 unspecified atom stereocenters. The first-order valence-electron chi connectivity index (χ1n) is 10.4. The molecule has 28 heavy (non-hydrogen) atoms. The molecule has 0 aromatic heterocycles. The SMILES string of the molecule is CC(C)Cc1ccc(CC=CC(=O)C=CCc2ccc(CC(C)C)cc2)cc1. The van der Waals surface area contributed by atoms with Gasteiger partial charge in [0.2, 0.25) is 0 Å². The van der Waals surface area contributed by atoms with E-state index in [-0.39, 0.29) is 5.78 Å². The number of carbonyl (C=O) groups excluding carboxylic acids is 1. The number of hydrogen-bond donors (Lipinski definition) is 0. The Balaban J connectivity index is 1.76. The first kappa shape index (κ1) is 21.9. The van der Waals surface area contributed by atoms with Gasteiger partial charge in [0.05, 0.1) is 0 Å². The summed E-state index contributed by atoms with van der Waals surface area (Å²) >= 11 is 0. The molecule has 148 valence electrons. The summed E-state index contributed by atoms with van der Waals surface area (Å²) in [5.74, 6) is 1.40. The zero-order chi connectivity index (χ0) is 20.4. The molecule has 0 N–H and O–H groups in total. The molecule has 0 saturated carbocycles. The van der Waals surface area contributed by atoms with Crippen molar-refractivity contribution in [2.45, 2.75) is 53.4 Å². The first-order chi connectivity index (χ1) is 13.4. The summed E-state index contributed by atoms with van der Waals surface area (Å²) < 4.78 is 0. The topological polar surface area (TPSA) is 17.1 Å². The van der Waals surface area contributed by atoms with Crippen molar-refractivity contribution >= 4 is 5.78 Å². The van der Waals surface area contributed by atoms with Gasteiger partial charge in [-0.15, -0.1) is 0 Å². The molecule has 0 spiro atoms. The lowest BCUT2D eigenvalue weighted by atomic mass is 10.0. The predicted octanol–water partition coefficient (Wildman–Crippen LogP) is 6.55.